The molecule has 1 saturated heterocycles. The fourth-order valence-electron chi connectivity index (χ4n) is 4.35. The van der Waals surface area contributed by atoms with Crippen molar-refractivity contribution in [3.8, 4) is 0 Å². The van der Waals surface area contributed by atoms with E-state index >= 15 is 0 Å². The van der Waals surface area contributed by atoms with Crippen molar-refractivity contribution in [3.05, 3.63) is 59.7 Å². The molecule has 0 saturated carbocycles. The third-order valence-electron chi connectivity index (χ3n) is 6.26. The van der Waals surface area contributed by atoms with Gasteiger partial charge in [-0.05, 0) is 56.0 Å². The van der Waals surface area contributed by atoms with Crippen LogP contribution >= 0.6 is 11.8 Å². The second-order valence-corrected chi connectivity index (χ2v) is 9.54. The molecule has 7 nitrogen and oxygen atoms in total. The molecule has 5 rings (SSSR count). The molecule has 1 aliphatic heterocycles. The number of hydrogen-bond acceptors (Lipinski definition) is 7. The van der Waals surface area contributed by atoms with Gasteiger partial charge in [0, 0.05) is 28.0 Å². The van der Waals surface area contributed by atoms with Crippen molar-refractivity contribution in [2.75, 3.05) is 11.5 Å². The third kappa shape index (κ3) is 3.35. The Hall–Kier alpha value is -2.68. The van der Waals surface area contributed by atoms with Crippen LogP contribution in [0.1, 0.15) is 23.2 Å². The molecule has 8 heteroatoms. The number of aromatic nitrogens is 4. The number of aliphatic hydroxyl groups is 2. The number of aliphatic hydroxyl groups excluding tert-OH is 1. The van der Waals surface area contributed by atoms with E-state index in [0.717, 1.165) is 46.0 Å². The SMILES string of the molecule is Cc1cc2ccc(CC[C@@H]3SC[C@@](O)(n4ccc5c(C)ncnc54)[C@@H]3O)cc2nc1N. The summed E-state index contributed by atoms with van der Waals surface area (Å²) in [5.74, 6) is 0.954. The molecule has 1 aromatic carbocycles. The Kier molecular flexibility index (Phi) is 4.88. The highest BCUT2D eigenvalue weighted by molar-refractivity contribution is 8.00. The maximum Gasteiger partial charge on any atom is 0.179 e. The number of fused-ring (bicyclic) bond motifs is 2. The summed E-state index contributed by atoms with van der Waals surface area (Å²) in [4.78, 5) is 13.0. The first-order valence-corrected chi connectivity index (χ1v) is 11.4. The van der Waals surface area contributed by atoms with Crippen LogP contribution < -0.4 is 5.73 Å². The third-order valence-corrected chi connectivity index (χ3v) is 7.78. The van der Waals surface area contributed by atoms with Crippen LogP contribution in [0.3, 0.4) is 0 Å². The minimum absolute atomic E-state index is 0.0860. The van der Waals surface area contributed by atoms with Crippen LogP contribution in [0, 0.1) is 13.8 Å². The van der Waals surface area contributed by atoms with Gasteiger partial charge < -0.3 is 20.5 Å². The molecule has 0 radical (unpaired) electrons. The zero-order valence-corrected chi connectivity index (χ0v) is 18.3. The van der Waals surface area contributed by atoms with E-state index in [1.807, 2.05) is 26.0 Å². The molecular weight excluding hydrogens is 410 g/mol. The Balaban J connectivity index is 1.35. The van der Waals surface area contributed by atoms with E-state index < -0.39 is 11.8 Å². The van der Waals surface area contributed by atoms with Crippen molar-refractivity contribution in [2.24, 2.45) is 0 Å². The lowest BCUT2D eigenvalue weighted by molar-refractivity contribution is -0.106. The van der Waals surface area contributed by atoms with Gasteiger partial charge in [0.15, 0.2) is 5.72 Å². The molecule has 0 aliphatic carbocycles. The minimum Gasteiger partial charge on any atom is -0.387 e. The molecule has 3 aromatic heterocycles. The molecule has 160 valence electrons. The number of anilines is 1. The molecule has 1 fully saturated rings. The molecule has 0 bridgehead atoms. The zero-order chi connectivity index (χ0) is 21.8. The van der Waals surface area contributed by atoms with Gasteiger partial charge in [0.2, 0.25) is 0 Å². The van der Waals surface area contributed by atoms with Crippen molar-refractivity contribution < 1.29 is 10.2 Å². The first-order chi connectivity index (χ1) is 14.9. The van der Waals surface area contributed by atoms with E-state index in [0.29, 0.717) is 17.2 Å². The zero-order valence-electron chi connectivity index (χ0n) is 17.5. The molecule has 4 aromatic rings. The van der Waals surface area contributed by atoms with E-state index in [9.17, 15) is 10.2 Å². The number of benzene rings is 1. The second kappa shape index (κ2) is 7.47. The van der Waals surface area contributed by atoms with Gasteiger partial charge in [0.25, 0.3) is 0 Å². The van der Waals surface area contributed by atoms with Gasteiger partial charge >= 0.3 is 0 Å². The number of rotatable bonds is 4. The Morgan fingerprint density at radius 1 is 1.23 bits per heavy atom. The topological polar surface area (TPSA) is 110 Å². The summed E-state index contributed by atoms with van der Waals surface area (Å²) >= 11 is 1.60. The molecule has 0 amide bonds. The minimum atomic E-state index is -1.39. The van der Waals surface area contributed by atoms with Crippen LogP contribution in [0.25, 0.3) is 21.9 Å². The lowest BCUT2D eigenvalue weighted by atomic mass is 9.99. The number of thioether (sulfide) groups is 1. The van der Waals surface area contributed by atoms with Gasteiger partial charge in [-0.2, -0.15) is 11.8 Å². The van der Waals surface area contributed by atoms with Crippen molar-refractivity contribution in [1.82, 2.24) is 19.5 Å². The molecular formula is C23H25N5O2S. The molecule has 31 heavy (non-hydrogen) atoms. The van der Waals surface area contributed by atoms with Gasteiger partial charge in [-0.25, -0.2) is 15.0 Å². The number of aryl methyl sites for hydroxylation is 3. The summed E-state index contributed by atoms with van der Waals surface area (Å²) in [6.45, 7) is 3.87. The number of nitrogen functional groups attached to an aromatic ring is 1. The maximum atomic E-state index is 11.4. The standard InChI is InChI=1S/C23H25N5O2S/c1-13-9-16-5-3-15(10-18(16)27-21(13)24)4-6-19-20(29)23(30,11-31-19)28-8-7-17-14(2)25-12-26-22(17)28/h3,5,7-10,12,19-20,29-30H,4,6,11H2,1-2H3,(H2,24,27)/t19-,20+,23-/m0/s1. The van der Waals surface area contributed by atoms with Gasteiger partial charge in [0.1, 0.15) is 23.9 Å². The summed E-state index contributed by atoms with van der Waals surface area (Å²) in [7, 11) is 0. The number of pyridine rings is 1. The van der Waals surface area contributed by atoms with Crippen LogP contribution in [-0.4, -0.2) is 46.8 Å². The van der Waals surface area contributed by atoms with Gasteiger partial charge in [0.05, 0.1) is 11.2 Å². The molecule has 3 atom stereocenters. The van der Waals surface area contributed by atoms with Crippen LogP contribution in [0.15, 0.2) is 42.9 Å². The van der Waals surface area contributed by atoms with Crippen LogP contribution in [0.5, 0.6) is 0 Å². The normalized spacial score (nSPS) is 23.7. The highest BCUT2D eigenvalue weighted by Crippen LogP contribution is 2.42. The summed E-state index contributed by atoms with van der Waals surface area (Å²) in [6, 6.07) is 10.2. The fraction of sp³-hybridized carbons (Fsp3) is 0.348. The number of hydrogen-bond donors (Lipinski definition) is 3. The lowest BCUT2D eigenvalue weighted by Gasteiger charge is -2.30. The van der Waals surface area contributed by atoms with Crippen molar-refractivity contribution in [1.29, 1.82) is 0 Å². The first kappa shape index (κ1) is 20.2. The predicted molar refractivity (Wildman–Crippen MR) is 124 cm³/mol. The average molecular weight is 436 g/mol. The molecule has 0 unspecified atom stereocenters. The highest BCUT2D eigenvalue weighted by Gasteiger charge is 2.49. The van der Waals surface area contributed by atoms with Crippen LogP contribution in [-0.2, 0) is 12.1 Å². The van der Waals surface area contributed by atoms with Crippen molar-refractivity contribution >= 4 is 39.5 Å². The van der Waals surface area contributed by atoms with E-state index in [2.05, 4.69) is 33.2 Å². The highest BCUT2D eigenvalue weighted by atomic mass is 32.2. The summed E-state index contributed by atoms with van der Waals surface area (Å²) < 4.78 is 1.69. The fourth-order valence-corrected chi connectivity index (χ4v) is 5.80. The van der Waals surface area contributed by atoms with E-state index in [4.69, 9.17) is 5.73 Å². The Bertz CT molecular complexity index is 1290. The summed E-state index contributed by atoms with van der Waals surface area (Å²) in [6.07, 6.45) is 3.91. The summed E-state index contributed by atoms with van der Waals surface area (Å²) in [5, 5.41) is 24.3. The quantitative estimate of drug-likeness (QED) is 0.452. The number of nitrogens with zero attached hydrogens (tertiary/aromatic N) is 4. The Labute approximate surface area is 184 Å². The Morgan fingerprint density at radius 3 is 2.90 bits per heavy atom. The lowest BCUT2D eigenvalue weighted by Crippen LogP contribution is -2.46. The molecule has 4 heterocycles. The van der Waals surface area contributed by atoms with Gasteiger partial charge in [-0.3, -0.25) is 0 Å². The van der Waals surface area contributed by atoms with Crippen molar-refractivity contribution in [3.63, 3.8) is 0 Å². The maximum absolute atomic E-state index is 11.4. The predicted octanol–water partition coefficient (Wildman–Crippen LogP) is 2.93. The van der Waals surface area contributed by atoms with E-state index in [1.165, 1.54) is 6.33 Å². The smallest absolute Gasteiger partial charge is 0.179 e. The molecule has 0 spiro atoms. The van der Waals surface area contributed by atoms with E-state index in [-0.39, 0.29) is 5.25 Å². The Morgan fingerprint density at radius 2 is 2.06 bits per heavy atom. The largest absolute Gasteiger partial charge is 0.387 e. The van der Waals surface area contributed by atoms with Crippen molar-refractivity contribution in [2.45, 2.75) is 43.8 Å². The van der Waals surface area contributed by atoms with Gasteiger partial charge in [-0.1, -0.05) is 12.1 Å². The second-order valence-electron chi connectivity index (χ2n) is 8.31. The average Bonchev–Trinajstić information content (AvgIpc) is 3.31. The molecule has 4 N–H and O–H groups in total. The van der Waals surface area contributed by atoms with Gasteiger partial charge in [-0.15, -0.1) is 0 Å². The van der Waals surface area contributed by atoms with Crippen LogP contribution in [0.2, 0.25) is 0 Å². The van der Waals surface area contributed by atoms with Crippen LogP contribution in [0.4, 0.5) is 5.82 Å². The monoisotopic (exact) mass is 435 g/mol. The first-order valence-electron chi connectivity index (χ1n) is 10.3. The van der Waals surface area contributed by atoms with E-state index in [1.54, 1.807) is 22.5 Å². The molecule has 1 aliphatic rings. The number of nitrogens with two attached hydrogens (primary N) is 1. The summed E-state index contributed by atoms with van der Waals surface area (Å²) in [5.41, 5.74) is 9.06.